The summed E-state index contributed by atoms with van der Waals surface area (Å²) < 4.78 is 0. The Bertz CT molecular complexity index is 586. The first-order valence-corrected chi connectivity index (χ1v) is 8.16. The minimum Gasteiger partial charge on any atom is -0.390 e. The molecule has 1 heterocycles. The van der Waals surface area contributed by atoms with Gasteiger partial charge in [-0.1, -0.05) is 30.3 Å². The van der Waals surface area contributed by atoms with E-state index in [1.807, 2.05) is 23.1 Å². The number of carbonyl (C=O) groups is 1. The van der Waals surface area contributed by atoms with Crippen molar-refractivity contribution in [1.29, 1.82) is 0 Å². The summed E-state index contributed by atoms with van der Waals surface area (Å²) in [6.07, 6.45) is 0.713. The van der Waals surface area contributed by atoms with E-state index >= 15 is 0 Å². The van der Waals surface area contributed by atoms with Crippen molar-refractivity contribution in [2.75, 3.05) is 6.54 Å². The van der Waals surface area contributed by atoms with E-state index in [1.54, 1.807) is 0 Å². The van der Waals surface area contributed by atoms with Crippen molar-refractivity contribution < 1.29 is 20.1 Å². The van der Waals surface area contributed by atoms with E-state index in [9.17, 15) is 20.1 Å². The fourth-order valence-electron chi connectivity index (χ4n) is 3.49. The normalized spacial score (nSPS) is 31.1. The van der Waals surface area contributed by atoms with Crippen molar-refractivity contribution in [2.24, 2.45) is 0 Å². The zero-order valence-electron chi connectivity index (χ0n) is 13.0. The SMILES string of the molecule is O=C(C1=C[C@@H](O)[C@@H](O)[C@H](O)C1)N1CCCC1Cc1ccccc1. The zero-order valence-corrected chi connectivity index (χ0v) is 13.0. The largest absolute Gasteiger partial charge is 0.390 e. The molecule has 1 unspecified atom stereocenters. The summed E-state index contributed by atoms with van der Waals surface area (Å²) in [6.45, 7) is 0.697. The molecule has 2 aliphatic rings. The van der Waals surface area contributed by atoms with Crippen LogP contribution in [0.1, 0.15) is 24.8 Å². The lowest BCUT2D eigenvalue weighted by molar-refractivity contribution is -0.129. The molecule has 1 aliphatic heterocycles. The van der Waals surface area contributed by atoms with Crippen molar-refractivity contribution >= 4 is 5.91 Å². The number of aliphatic hydroxyl groups is 3. The van der Waals surface area contributed by atoms with Crippen LogP contribution in [0, 0.1) is 0 Å². The number of amides is 1. The maximum absolute atomic E-state index is 12.8. The van der Waals surface area contributed by atoms with Crippen molar-refractivity contribution in [3.8, 4) is 0 Å². The topological polar surface area (TPSA) is 81.0 Å². The van der Waals surface area contributed by atoms with E-state index in [0.29, 0.717) is 12.1 Å². The molecule has 1 aromatic carbocycles. The van der Waals surface area contributed by atoms with Crippen LogP contribution in [-0.2, 0) is 11.2 Å². The first-order chi connectivity index (χ1) is 11.1. The number of nitrogens with zero attached hydrogens (tertiary/aromatic N) is 1. The lowest BCUT2D eigenvalue weighted by Crippen LogP contribution is -2.44. The molecular formula is C18H23NO4. The summed E-state index contributed by atoms with van der Waals surface area (Å²) in [5.74, 6) is -0.131. The average Bonchev–Trinajstić information content (AvgIpc) is 3.00. The summed E-state index contributed by atoms with van der Waals surface area (Å²) in [5, 5.41) is 29.1. The van der Waals surface area contributed by atoms with E-state index in [2.05, 4.69) is 12.1 Å². The molecule has 5 heteroatoms. The highest BCUT2D eigenvalue weighted by Gasteiger charge is 2.36. The van der Waals surface area contributed by atoms with Gasteiger partial charge in [-0.15, -0.1) is 0 Å². The molecule has 0 saturated carbocycles. The third kappa shape index (κ3) is 3.47. The summed E-state index contributed by atoms with van der Waals surface area (Å²) in [7, 11) is 0. The Labute approximate surface area is 135 Å². The van der Waals surface area contributed by atoms with Gasteiger partial charge in [0.15, 0.2) is 0 Å². The number of hydrogen-bond acceptors (Lipinski definition) is 4. The quantitative estimate of drug-likeness (QED) is 0.764. The molecule has 0 bridgehead atoms. The first kappa shape index (κ1) is 16.2. The van der Waals surface area contributed by atoms with Gasteiger partial charge < -0.3 is 20.2 Å². The second-order valence-electron chi connectivity index (χ2n) is 6.43. The minimum atomic E-state index is -1.22. The van der Waals surface area contributed by atoms with Crippen LogP contribution in [0.4, 0.5) is 0 Å². The molecule has 23 heavy (non-hydrogen) atoms. The van der Waals surface area contributed by atoms with Gasteiger partial charge in [-0.25, -0.2) is 0 Å². The molecule has 1 amide bonds. The summed E-state index contributed by atoms with van der Waals surface area (Å²) >= 11 is 0. The molecule has 1 aliphatic carbocycles. The number of hydrogen-bond donors (Lipinski definition) is 3. The lowest BCUT2D eigenvalue weighted by Gasteiger charge is -2.31. The second-order valence-corrected chi connectivity index (χ2v) is 6.43. The Hall–Kier alpha value is -1.69. The molecule has 1 aromatic rings. The van der Waals surface area contributed by atoms with Crippen LogP contribution < -0.4 is 0 Å². The van der Waals surface area contributed by atoms with Crippen molar-refractivity contribution in [1.82, 2.24) is 4.90 Å². The Kier molecular flexibility index (Phi) is 4.80. The second kappa shape index (κ2) is 6.83. The molecule has 0 radical (unpaired) electrons. The predicted octanol–water partition coefficient (Wildman–Crippen LogP) is 0.633. The molecule has 1 fully saturated rings. The maximum atomic E-state index is 12.8. The van der Waals surface area contributed by atoms with E-state index in [0.717, 1.165) is 19.3 Å². The molecule has 0 aromatic heterocycles. The summed E-state index contributed by atoms with van der Waals surface area (Å²) in [5.41, 5.74) is 1.60. The van der Waals surface area contributed by atoms with Gasteiger partial charge in [0.05, 0.1) is 6.10 Å². The maximum Gasteiger partial charge on any atom is 0.249 e. The number of rotatable bonds is 3. The van der Waals surface area contributed by atoms with Gasteiger partial charge in [0.25, 0.3) is 0 Å². The summed E-state index contributed by atoms with van der Waals surface area (Å²) in [6, 6.07) is 10.2. The Morgan fingerprint density at radius 3 is 2.61 bits per heavy atom. The Morgan fingerprint density at radius 2 is 1.91 bits per heavy atom. The molecule has 1 saturated heterocycles. The molecule has 3 N–H and O–H groups in total. The number of aliphatic hydroxyl groups excluding tert-OH is 3. The van der Waals surface area contributed by atoms with Gasteiger partial charge in [-0.05, 0) is 30.9 Å². The van der Waals surface area contributed by atoms with Gasteiger partial charge >= 0.3 is 0 Å². The molecule has 3 rings (SSSR count). The third-order valence-corrected chi connectivity index (χ3v) is 4.77. The zero-order chi connectivity index (χ0) is 16.4. The number of carbonyl (C=O) groups excluding carboxylic acids is 1. The highest BCUT2D eigenvalue weighted by molar-refractivity contribution is 5.94. The fraction of sp³-hybridized carbons (Fsp3) is 0.500. The molecule has 5 nitrogen and oxygen atoms in total. The van der Waals surface area contributed by atoms with E-state index in [4.69, 9.17) is 0 Å². The first-order valence-electron chi connectivity index (χ1n) is 8.16. The van der Waals surface area contributed by atoms with Crippen LogP contribution >= 0.6 is 0 Å². The van der Waals surface area contributed by atoms with Gasteiger partial charge in [-0.3, -0.25) is 4.79 Å². The minimum absolute atomic E-state index is 0.0889. The third-order valence-electron chi connectivity index (χ3n) is 4.77. The van der Waals surface area contributed by atoms with Crippen LogP contribution in [0.25, 0.3) is 0 Å². The predicted molar refractivity (Wildman–Crippen MR) is 85.6 cm³/mol. The Balaban J connectivity index is 1.72. The monoisotopic (exact) mass is 317 g/mol. The van der Waals surface area contributed by atoms with E-state index < -0.39 is 18.3 Å². The average molecular weight is 317 g/mol. The van der Waals surface area contributed by atoms with Gasteiger partial charge in [0.1, 0.15) is 12.2 Å². The molecule has 0 spiro atoms. The van der Waals surface area contributed by atoms with Crippen LogP contribution in [0.5, 0.6) is 0 Å². The lowest BCUT2D eigenvalue weighted by atomic mass is 9.91. The summed E-state index contributed by atoms with van der Waals surface area (Å²) in [4.78, 5) is 14.6. The van der Waals surface area contributed by atoms with Crippen LogP contribution in [0.3, 0.4) is 0 Å². The van der Waals surface area contributed by atoms with Gasteiger partial charge in [0.2, 0.25) is 5.91 Å². The highest BCUT2D eigenvalue weighted by atomic mass is 16.4. The highest BCUT2D eigenvalue weighted by Crippen LogP contribution is 2.27. The molecular weight excluding hydrogens is 294 g/mol. The Morgan fingerprint density at radius 1 is 1.17 bits per heavy atom. The van der Waals surface area contributed by atoms with Crippen LogP contribution in [-0.4, -0.2) is 57.0 Å². The molecule has 4 atom stereocenters. The van der Waals surface area contributed by atoms with Crippen LogP contribution in [0.15, 0.2) is 42.0 Å². The smallest absolute Gasteiger partial charge is 0.249 e. The fourth-order valence-corrected chi connectivity index (χ4v) is 3.49. The van der Waals surface area contributed by atoms with Crippen molar-refractivity contribution in [3.63, 3.8) is 0 Å². The van der Waals surface area contributed by atoms with Crippen molar-refractivity contribution in [3.05, 3.63) is 47.5 Å². The van der Waals surface area contributed by atoms with Gasteiger partial charge in [-0.2, -0.15) is 0 Å². The van der Waals surface area contributed by atoms with E-state index in [1.165, 1.54) is 11.6 Å². The van der Waals surface area contributed by atoms with Crippen LogP contribution in [0.2, 0.25) is 0 Å². The van der Waals surface area contributed by atoms with Gasteiger partial charge in [0, 0.05) is 24.6 Å². The van der Waals surface area contributed by atoms with Crippen molar-refractivity contribution in [2.45, 2.75) is 50.0 Å². The standard InChI is InChI=1S/C18H23NO4/c20-15-10-13(11-16(21)17(15)22)18(23)19-8-4-7-14(19)9-12-5-2-1-3-6-12/h1-3,5-6,10,14-17,20-22H,4,7-9,11H2/t14?,15-,16-,17-/m1/s1. The van der Waals surface area contributed by atoms with E-state index in [-0.39, 0.29) is 18.4 Å². The number of benzene rings is 1. The molecule has 124 valence electrons. The number of likely N-dealkylation sites (tertiary alicyclic amines) is 1.